The van der Waals surface area contributed by atoms with Crippen molar-refractivity contribution in [3.8, 4) is 0 Å². The fourth-order valence-electron chi connectivity index (χ4n) is 2.89. The second-order valence-electron chi connectivity index (χ2n) is 7.29. The van der Waals surface area contributed by atoms with Gasteiger partial charge in [0.05, 0.1) is 5.69 Å². The summed E-state index contributed by atoms with van der Waals surface area (Å²) in [5.41, 5.74) is 1.39. The molecule has 1 aromatic heterocycles. The predicted molar refractivity (Wildman–Crippen MR) is 87.7 cm³/mol. The van der Waals surface area contributed by atoms with Crippen LogP contribution in [-0.4, -0.2) is 21.4 Å². The largest absolute Gasteiger partial charge is 0.310 e. The van der Waals surface area contributed by atoms with Gasteiger partial charge in [-0.25, -0.2) is 13.8 Å². The third kappa shape index (κ3) is 3.38. The Morgan fingerprint density at radius 2 is 2.04 bits per heavy atom. The van der Waals surface area contributed by atoms with Gasteiger partial charge in [-0.3, -0.25) is 9.69 Å². The van der Waals surface area contributed by atoms with Crippen molar-refractivity contribution in [3.63, 3.8) is 0 Å². The van der Waals surface area contributed by atoms with E-state index >= 15 is 0 Å². The first-order valence-electron chi connectivity index (χ1n) is 8.03. The Morgan fingerprint density at radius 3 is 2.75 bits per heavy atom. The van der Waals surface area contributed by atoms with E-state index < -0.39 is 11.6 Å². The minimum absolute atomic E-state index is 0.0958. The lowest BCUT2D eigenvalue weighted by Gasteiger charge is -2.29. The molecule has 3 rings (SSSR count). The zero-order valence-electron chi connectivity index (χ0n) is 14.1. The van der Waals surface area contributed by atoms with Gasteiger partial charge < -0.3 is 4.98 Å². The van der Waals surface area contributed by atoms with Crippen LogP contribution < -0.4 is 5.56 Å². The molecule has 4 nitrogen and oxygen atoms in total. The molecule has 1 aromatic carbocycles. The average molecular weight is 333 g/mol. The monoisotopic (exact) mass is 333 g/mol. The molecule has 0 amide bonds. The topological polar surface area (TPSA) is 49.0 Å². The number of hydrogen-bond acceptors (Lipinski definition) is 3. The molecule has 0 saturated carbocycles. The molecule has 0 radical (unpaired) electrons. The Morgan fingerprint density at radius 1 is 1.29 bits per heavy atom. The van der Waals surface area contributed by atoms with Crippen LogP contribution >= 0.6 is 0 Å². The molecule has 0 saturated heterocycles. The van der Waals surface area contributed by atoms with Crippen LogP contribution in [0.25, 0.3) is 0 Å². The van der Waals surface area contributed by atoms with Crippen molar-refractivity contribution in [1.29, 1.82) is 0 Å². The second-order valence-corrected chi connectivity index (χ2v) is 7.29. The predicted octanol–water partition coefficient (Wildman–Crippen LogP) is 2.90. The van der Waals surface area contributed by atoms with E-state index in [0.717, 1.165) is 17.8 Å². The van der Waals surface area contributed by atoms with Crippen LogP contribution in [0.3, 0.4) is 0 Å². The summed E-state index contributed by atoms with van der Waals surface area (Å²) < 4.78 is 27.2. The van der Waals surface area contributed by atoms with Gasteiger partial charge in [0.1, 0.15) is 17.5 Å². The van der Waals surface area contributed by atoms with E-state index in [4.69, 9.17) is 0 Å². The van der Waals surface area contributed by atoms with Crippen molar-refractivity contribution in [2.75, 3.05) is 6.54 Å². The van der Waals surface area contributed by atoms with Crippen molar-refractivity contribution in [2.24, 2.45) is 0 Å². The maximum atomic E-state index is 13.8. The highest BCUT2D eigenvalue weighted by Crippen LogP contribution is 2.22. The summed E-state index contributed by atoms with van der Waals surface area (Å²) in [7, 11) is 0. The number of aromatic amines is 1. The third-order valence-corrected chi connectivity index (χ3v) is 4.26. The summed E-state index contributed by atoms with van der Waals surface area (Å²) in [6.45, 7) is 7.32. The molecule has 1 N–H and O–H groups in total. The zero-order valence-corrected chi connectivity index (χ0v) is 14.1. The molecule has 0 bridgehead atoms. The summed E-state index contributed by atoms with van der Waals surface area (Å²) >= 11 is 0. The average Bonchev–Trinajstić information content (AvgIpc) is 2.49. The van der Waals surface area contributed by atoms with Crippen molar-refractivity contribution >= 4 is 0 Å². The van der Waals surface area contributed by atoms with Crippen LogP contribution in [0.1, 0.15) is 43.4 Å². The fraction of sp³-hybridized carbons (Fsp3) is 0.444. The molecule has 0 fully saturated rings. The van der Waals surface area contributed by atoms with Gasteiger partial charge in [0.2, 0.25) is 0 Å². The number of H-pyrrole nitrogens is 1. The highest BCUT2D eigenvalue weighted by atomic mass is 19.1. The van der Waals surface area contributed by atoms with Crippen molar-refractivity contribution in [2.45, 2.75) is 45.7 Å². The summed E-state index contributed by atoms with van der Waals surface area (Å²) in [4.78, 5) is 21.7. The molecule has 2 heterocycles. The Balaban J connectivity index is 1.87. The van der Waals surface area contributed by atoms with Crippen LogP contribution in [0.4, 0.5) is 8.78 Å². The summed E-state index contributed by atoms with van der Waals surface area (Å²) in [6, 6.07) is 3.47. The number of fused-ring (bicyclic) bond motifs is 1. The number of halogens is 2. The molecule has 0 unspecified atom stereocenters. The first-order valence-corrected chi connectivity index (χ1v) is 8.03. The Kier molecular flexibility index (Phi) is 4.25. The van der Waals surface area contributed by atoms with E-state index in [1.54, 1.807) is 0 Å². The van der Waals surface area contributed by atoms with Gasteiger partial charge in [-0.1, -0.05) is 20.8 Å². The molecule has 128 valence electrons. The molecule has 0 atom stereocenters. The van der Waals surface area contributed by atoms with Crippen LogP contribution in [0.5, 0.6) is 0 Å². The minimum Gasteiger partial charge on any atom is -0.310 e. The van der Waals surface area contributed by atoms with E-state index in [1.165, 1.54) is 6.07 Å². The lowest BCUT2D eigenvalue weighted by molar-refractivity contribution is 0.236. The first-order chi connectivity index (χ1) is 11.2. The van der Waals surface area contributed by atoms with Crippen molar-refractivity contribution in [3.05, 3.63) is 62.8 Å². The molecular formula is C18H21F2N3O. The Hall–Kier alpha value is -2.08. The van der Waals surface area contributed by atoms with Crippen LogP contribution in [-0.2, 0) is 24.9 Å². The first kappa shape index (κ1) is 16.8. The molecule has 2 aromatic rings. The number of benzene rings is 1. The highest BCUT2D eigenvalue weighted by Gasteiger charge is 2.25. The lowest BCUT2D eigenvalue weighted by atomic mass is 9.95. The smallest absolute Gasteiger partial charge is 0.254 e. The quantitative estimate of drug-likeness (QED) is 0.919. The van der Waals surface area contributed by atoms with Gasteiger partial charge in [-0.05, 0) is 24.6 Å². The SMILES string of the molecule is CC(C)(C)c1nc2c(c(=O)[nH]1)CCN(Cc1cc(F)ccc1F)C2. The molecule has 6 heteroatoms. The molecule has 1 aliphatic rings. The fourth-order valence-corrected chi connectivity index (χ4v) is 2.89. The maximum Gasteiger partial charge on any atom is 0.254 e. The highest BCUT2D eigenvalue weighted by molar-refractivity contribution is 5.24. The number of nitrogens with zero attached hydrogens (tertiary/aromatic N) is 2. The van der Waals surface area contributed by atoms with Gasteiger partial charge in [0, 0.05) is 36.2 Å². The summed E-state index contributed by atoms with van der Waals surface area (Å²) in [5, 5.41) is 0. The maximum absolute atomic E-state index is 13.8. The van der Waals surface area contributed by atoms with Gasteiger partial charge in [0.15, 0.2) is 0 Å². The van der Waals surface area contributed by atoms with E-state index in [-0.39, 0.29) is 11.0 Å². The number of hydrogen-bond donors (Lipinski definition) is 1. The number of aromatic nitrogens is 2. The van der Waals surface area contributed by atoms with E-state index in [2.05, 4.69) is 9.97 Å². The lowest BCUT2D eigenvalue weighted by Crippen LogP contribution is -2.36. The zero-order chi connectivity index (χ0) is 17.5. The van der Waals surface area contributed by atoms with Crippen molar-refractivity contribution < 1.29 is 8.78 Å². The molecule has 0 aliphatic carbocycles. The Bertz CT molecular complexity index is 824. The summed E-state index contributed by atoms with van der Waals surface area (Å²) in [6.07, 6.45) is 0.555. The summed E-state index contributed by atoms with van der Waals surface area (Å²) in [5.74, 6) is -0.227. The minimum atomic E-state index is -0.451. The number of rotatable bonds is 2. The second kappa shape index (κ2) is 6.09. The molecule has 24 heavy (non-hydrogen) atoms. The third-order valence-electron chi connectivity index (χ3n) is 4.26. The molecular weight excluding hydrogens is 312 g/mol. The normalized spacial score (nSPS) is 15.4. The van der Waals surface area contributed by atoms with Gasteiger partial charge in [0.25, 0.3) is 5.56 Å². The standard InChI is InChI=1S/C18H21F2N3O/c1-18(2,3)17-21-15-10-23(7-6-13(15)16(24)22-17)9-11-8-12(19)4-5-14(11)20/h4-5,8H,6-7,9-10H2,1-3H3,(H,21,22,24). The van der Waals surface area contributed by atoms with E-state index in [9.17, 15) is 13.6 Å². The van der Waals surface area contributed by atoms with E-state index in [1.807, 2.05) is 25.7 Å². The molecule has 0 spiro atoms. The van der Waals surface area contributed by atoms with Gasteiger partial charge in [-0.2, -0.15) is 0 Å². The molecule has 1 aliphatic heterocycles. The van der Waals surface area contributed by atoms with Crippen molar-refractivity contribution in [1.82, 2.24) is 14.9 Å². The van der Waals surface area contributed by atoms with Crippen LogP contribution in [0.15, 0.2) is 23.0 Å². The van der Waals surface area contributed by atoms with E-state index in [0.29, 0.717) is 43.0 Å². The van der Waals surface area contributed by atoms with Gasteiger partial charge in [-0.15, -0.1) is 0 Å². The number of nitrogens with one attached hydrogen (secondary N) is 1. The van der Waals surface area contributed by atoms with Crippen LogP contribution in [0.2, 0.25) is 0 Å². The van der Waals surface area contributed by atoms with Gasteiger partial charge >= 0.3 is 0 Å². The van der Waals surface area contributed by atoms with Crippen LogP contribution in [0, 0.1) is 11.6 Å². The Labute approximate surface area is 139 Å².